The summed E-state index contributed by atoms with van der Waals surface area (Å²) in [4.78, 5) is 24.9. The van der Waals surface area contributed by atoms with E-state index in [9.17, 15) is 27.2 Å². The summed E-state index contributed by atoms with van der Waals surface area (Å²) in [5, 5.41) is 12.2. The minimum Gasteiger partial charge on any atom is -0.398 e. The fraction of sp³-hybridized carbons (Fsp3) is 0.227. The van der Waals surface area contributed by atoms with Gasteiger partial charge in [0.1, 0.15) is 5.82 Å². The topological polar surface area (TPSA) is 113 Å². The lowest BCUT2D eigenvalue weighted by atomic mass is 9.82. The Bertz CT molecular complexity index is 1300. The summed E-state index contributed by atoms with van der Waals surface area (Å²) in [7, 11) is 0. The largest absolute Gasteiger partial charge is 0.418 e. The lowest BCUT2D eigenvalue weighted by Gasteiger charge is -2.28. The molecule has 0 fully saturated rings. The van der Waals surface area contributed by atoms with Gasteiger partial charge in [0.2, 0.25) is 11.8 Å². The van der Waals surface area contributed by atoms with Crippen molar-refractivity contribution in [2.45, 2.75) is 31.9 Å². The molecular formula is C22H19F4N5O2. The van der Waals surface area contributed by atoms with E-state index in [1.165, 1.54) is 30.5 Å². The zero-order valence-electron chi connectivity index (χ0n) is 17.3. The molecule has 3 aromatic rings. The number of rotatable bonds is 4. The number of carbonyl (C=O) groups is 2. The Labute approximate surface area is 185 Å². The molecule has 4 rings (SSSR count). The number of H-pyrrole nitrogens is 1. The van der Waals surface area contributed by atoms with Crippen LogP contribution in [0, 0.1) is 5.82 Å². The summed E-state index contributed by atoms with van der Waals surface area (Å²) in [6.45, 7) is 1.60. The van der Waals surface area contributed by atoms with Gasteiger partial charge in [0, 0.05) is 35.2 Å². The summed E-state index contributed by atoms with van der Waals surface area (Å²) in [6.07, 6.45) is -3.40. The molecule has 0 radical (unpaired) electrons. The number of aromatic amines is 1. The summed E-state index contributed by atoms with van der Waals surface area (Å²) < 4.78 is 53.6. The molecule has 2 amide bonds. The van der Waals surface area contributed by atoms with Crippen LogP contribution in [-0.2, 0) is 15.8 Å². The molecule has 2 aromatic carbocycles. The number of fused-ring (bicyclic) bond motifs is 1. The molecule has 1 aliphatic rings. The van der Waals surface area contributed by atoms with Crippen LogP contribution in [0.4, 0.5) is 28.9 Å². The number of anilines is 2. The Morgan fingerprint density at radius 2 is 2.03 bits per heavy atom. The minimum atomic E-state index is -4.61. The predicted molar refractivity (Wildman–Crippen MR) is 113 cm³/mol. The summed E-state index contributed by atoms with van der Waals surface area (Å²) in [5.41, 5.74) is 5.89. The zero-order chi connectivity index (χ0) is 23.9. The number of benzene rings is 2. The first-order valence-corrected chi connectivity index (χ1v) is 9.91. The fourth-order valence-electron chi connectivity index (χ4n) is 3.97. The van der Waals surface area contributed by atoms with E-state index in [0.29, 0.717) is 27.7 Å². The highest BCUT2D eigenvalue weighted by Gasteiger charge is 2.34. The van der Waals surface area contributed by atoms with E-state index in [1.807, 2.05) is 0 Å². The van der Waals surface area contributed by atoms with Gasteiger partial charge in [-0.1, -0.05) is 6.07 Å². The van der Waals surface area contributed by atoms with E-state index in [-0.39, 0.29) is 24.4 Å². The van der Waals surface area contributed by atoms with Gasteiger partial charge >= 0.3 is 6.18 Å². The minimum absolute atomic E-state index is 0.0395. The molecule has 1 aliphatic heterocycles. The summed E-state index contributed by atoms with van der Waals surface area (Å²) >= 11 is 0. The highest BCUT2D eigenvalue weighted by atomic mass is 19.4. The first-order chi connectivity index (χ1) is 15.5. The fourth-order valence-corrected chi connectivity index (χ4v) is 3.97. The van der Waals surface area contributed by atoms with Crippen molar-refractivity contribution in [3.05, 3.63) is 64.7 Å². The zero-order valence-corrected chi connectivity index (χ0v) is 17.3. The number of aromatic nitrogens is 2. The van der Waals surface area contributed by atoms with Crippen LogP contribution in [0.25, 0.3) is 10.9 Å². The van der Waals surface area contributed by atoms with Crippen LogP contribution in [-0.4, -0.2) is 22.0 Å². The van der Waals surface area contributed by atoms with Crippen LogP contribution in [0.2, 0.25) is 0 Å². The highest BCUT2D eigenvalue weighted by molar-refractivity contribution is 5.95. The Morgan fingerprint density at radius 3 is 2.73 bits per heavy atom. The van der Waals surface area contributed by atoms with Crippen molar-refractivity contribution in [1.82, 2.24) is 15.5 Å². The molecule has 0 saturated carbocycles. The third-order valence-corrected chi connectivity index (χ3v) is 5.56. The molecule has 2 heterocycles. The third kappa shape index (κ3) is 4.52. The molecule has 1 unspecified atom stereocenters. The maximum atomic E-state index is 14.3. The van der Waals surface area contributed by atoms with E-state index in [4.69, 9.17) is 5.73 Å². The van der Waals surface area contributed by atoms with Gasteiger partial charge in [-0.25, -0.2) is 4.39 Å². The average molecular weight is 461 g/mol. The number of nitrogens with two attached hydrogens (primary N) is 1. The van der Waals surface area contributed by atoms with Crippen LogP contribution >= 0.6 is 0 Å². The van der Waals surface area contributed by atoms with Gasteiger partial charge in [-0.15, -0.1) is 0 Å². The van der Waals surface area contributed by atoms with E-state index >= 15 is 0 Å². The summed E-state index contributed by atoms with van der Waals surface area (Å²) in [5.74, 6) is -2.20. The van der Waals surface area contributed by atoms with Crippen molar-refractivity contribution in [2.75, 3.05) is 11.1 Å². The summed E-state index contributed by atoms with van der Waals surface area (Å²) in [6, 6.07) is 5.92. The van der Waals surface area contributed by atoms with Gasteiger partial charge in [-0.2, -0.15) is 18.3 Å². The molecular weight excluding hydrogens is 442 g/mol. The normalized spacial score (nSPS) is 16.8. The van der Waals surface area contributed by atoms with Gasteiger partial charge < -0.3 is 16.4 Å². The van der Waals surface area contributed by atoms with Crippen molar-refractivity contribution in [3.8, 4) is 0 Å². The number of nitrogen functional groups attached to an aromatic ring is 1. The molecule has 1 atom stereocenters. The molecule has 1 aromatic heterocycles. The molecule has 7 nitrogen and oxygen atoms in total. The Balaban J connectivity index is 1.61. The molecule has 0 spiro atoms. The van der Waals surface area contributed by atoms with Crippen LogP contribution in [0.15, 0.2) is 47.8 Å². The Kier molecular flexibility index (Phi) is 5.56. The van der Waals surface area contributed by atoms with Crippen molar-refractivity contribution in [1.29, 1.82) is 0 Å². The monoisotopic (exact) mass is 461 g/mol. The van der Waals surface area contributed by atoms with E-state index in [2.05, 4.69) is 20.8 Å². The maximum absolute atomic E-state index is 14.3. The molecule has 5 N–H and O–H groups in total. The Hall–Kier alpha value is -3.89. The number of nitrogens with zero attached hydrogens (tertiary/aromatic N) is 1. The van der Waals surface area contributed by atoms with Crippen molar-refractivity contribution in [2.24, 2.45) is 0 Å². The van der Waals surface area contributed by atoms with Crippen LogP contribution in [0.3, 0.4) is 0 Å². The SMILES string of the molecule is CC1=C(CC(=O)Nc2cc3cn[nH]c3cc2F)C(c2ccc(C(F)(F)F)c(N)c2)CC(=O)N1. The molecule has 0 aliphatic carbocycles. The van der Waals surface area contributed by atoms with Crippen LogP contribution in [0.1, 0.15) is 36.8 Å². The van der Waals surface area contributed by atoms with Crippen molar-refractivity contribution >= 4 is 34.1 Å². The van der Waals surface area contributed by atoms with Gasteiger partial charge in [-0.05, 0) is 36.3 Å². The number of hydrogen-bond donors (Lipinski definition) is 4. The number of amides is 2. The van der Waals surface area contributed by atoms with Crippen molar-refractivity contribution in [3.63, 3.8) is 0 Å². The number of allylic oxidation sites excluding steroid dienone is 1. The van der Waals surface area contributed by atoms with E-state index in [0.717, 1.165) is 6.07 Å². The van der Waals surface area contributed by atoms with Crippen LogP contribution < -0.4 is 16.4 Å². The van der Waals surface area contributed by atoms with Gasteiger partial charge in [0.15, 0.2) is 0 Å². The first-order valence-electron chi connectivity index (χ1n) is 9.91. The maximum Gasteiger partial charge on any atom is 0.418 e. The van der Waals surface area contributed by atoms with Crippen molar-refractivity contribution < 1.29 is 27.2 Å². The first kappa shape index (κ1) is 22.3. The third-order valence-electron chi connectivity index (χ3n) is 5.56. The highest BCUT2D eigenvalue weighted by Crippen LogP contribution is 2.39. The van der Waals surface area contributed by atoms with Crippen LogP contribution in [0.5, 0.6) is 0 Å². The second-order valence-electron chi connectivity index (χ2n) is 7.81. The molecule has 33 heavy (non-hydrogen) atoms. The Morgan fingerprint density at radius 1 is 1.27 bits per heavy atom. The standard InChI is InChI=1S/C22H19F4N5O2/c1-10-13(6-21(33)30-19-5-12-9-28-31-18(12)8-16(19)23)14(7-20(32)29-10)11-2-3-15(17(27)4-11)22(24,25)26/h2-5,8-9,14H,6-7,27H2,1H3,(H,28,31)(H,29,32)(H,30,33). The predicted octanol–water partition coefficient (Wildman–Crippen LogP) is 4.21. The number of halogens is 4. The molecule has 0 bridgehead atoms. The number of alkyl halides is 3. The number of carbonyl (C=O) groups excluding carboxylic acids is 2. The smallest absolute Gasteiger partial charge is 0.398 e. The lowest BCUT2D eigenvalue weighted by Crippen LogP contribution is -2.32. The van der Waals surface area contributed by atoms with E-state index < -0.39 is 35.1 Å². The molecule has 172 valence electrons. The van der Waals surface area contributed by atoms with Gasteiger partial charge in [0.05, 0.1) is 29.4 Å². The average Bonchev–Trinajstić information content (AvgIpc) is 3.16. The van der Waals surface area contributed by atoms with E-state index in [1.54, 1.807) is 6.92 Å². The molecule has 11 heteroatoms. The number of hydrogen-bond acceptors (Lipinski definition) is 4. The molecule has 0 saturated heterocycles. The second-order valence-corrected chi connectivity index (χ2v) is 7.81. The second kappa shape index (κ2) is 8.23. The lowest BCUT2D eigenvalue weighted by molar-refractivity contribution is -0.137. The quantitative estimate of drug-likeness (QED) is 0.344. The number of nitrogens with one attached hydrogen (secondary N) is 3. The van der Waals surface area contributed by atoms with Gasteiger partial charge in [0.25, 0.3) is 0 Å². The van der Waals surface area contributed by atoms with Gasteiger partial charge in [-0.3, -0.25) is 14.7 Å².